The molecule has 0 radical (unpaired) electrons. The molecule has 0 bridgehead atoms. The van der Waals surface area contributed by atoms with Crippen LogP contribution in [0.3, 0.4) is 0 Å². The van der Waals surface area contributed by atoms with Gasteiger partial charge in [-0.2, -0.15) is 5.10 Å². The van der Waals surface area contributed by atoms with Crippen molar-refractivity contribution in [2.75, 3.05) is 25.6 Å². The third-order valence-electron chi connectivity index (χ3n) is 2.44. The first-order valence-electron chi connectivity index (χ1n) is 4.63. The minimum Gasteiger partial charge on any atom is -0.381 e. The first-order valence-corrected chi connectivity index (χ1v) is 4.63. The lowest BCUT2D eigenvalue weighted by atomic mass is 10.1. The number of nitrogens with zero attached hydrogens (tertiary/aromatic N) is 2. The molecule has 0 saturated carbocycles. The van der Waals surface area contributed by atoms with Crippen LogP contribution in [0.2, 0.25) is 0 Å². The molecule has 13 heavy (non-hydrogen) atoms. The van der Waals surface area contributed by atoms with Crippen LogP contribution in [0.25, 0.3) is 0 Å². The molecule has 1 N–H and O–H groups in total. The van der Waals surface area contributed by atoms with Crippen LogP contribution in [0, 0.1) is 0 Å². The van der Waals surface area contributed by atoms with E-state index < -0.39 is 0 Å². The van der Waals surface area contributed by atoms with E-state index in [1.165, 1.54) is 11.3 Å². The second-order valence-electron chi connectivity index (χ2n) is 3.26. The molecule has 1 aromatic heterocycles. The van der Waals surface area contributed by atoms with E-state index >= 15 is 0 Å². The fraction of sp³-hybridized carbons (Fsp3) is 0.667. The van der Waals surface area contributed by atoms with Gasteiger partial charge in [-0.3, -0.25) is 4.68 Å². The van der Waals surface area contributed by atoms with Crippen LogP contribution in [0.5, 0.6) is 0 Å². The summed E-state index contributed by atoms with van der Waals surface area (Å²) in [5.74, 6) is 1.13. The van der Waals surface area contributed by atoms with Gasteiger partial charge in [0.1, 0.15) is 5.82 Å². The number of anilines is 1. The fourth-order valence-corrected chi connectivity index (χ4v) is 1.84. The predicted octanol–water partition coefficient (Wildman–Crippen LogP) is 0.577. The summed E-state index contributed by atoms with van der Waals surface area (Å²) in [5.41, 5.74) is 2.51. The number of aryl methyl sites for hydroxylation is 1. The SMILES string of the molecule is CNc1c2c(nn1C)CCOCC2. The van der Waals surface area contributed by atoms with Crippen LogP contribution < -0.4 is 5.32 Å². The zero-order valence-corrected chi connectivity index (χ0v) is 8.13. The highest BCUT2D eigenvalue weighted by Crippen LogP contribution is 2.21. The van der Waals surface area contributed by atoms with E-state index in [1.54, 1.807) is 0 Å². The Morgan fingerprint density at radius 3 is 2.92 bits per heavy atom. The lowest BCUT2D eigenvalue weighted by Gasteiger charge is -2.03. The van der Waals surface area contributed by atoms with Crippen molar-refractivity contribution < 1.29 is 4.74 Å². The lowest BCUT2D eigenvalue weighted by Crippen LogP contribution is -2.03. The molecular weight excluding hydrogens is 166 g/mol. The van der Waals surface area contributed by atoms with Gasteiger partial charge in [0, 0.05) is 32.5 Å². The molecule has 2 rings (SSSR count). The molecule has 4 heteroatoms. The van der Waals surface area contributed by atoms with Gasteiger partial charge < -0.3 is 10.1 Å². The minimum atomic E-state index is 0.799. The molecule has 1 aromatic rings. The van der Waals surface area contributed by atoms with Crippen molar-refractivity contribution in [3.8, 4) is 0 Å². The zero-order chi connectivity index (χ0) is 9.26. The van der Waals surface area contributed by atoms with E-state index in [-0.39, 0.29) is 0 Å². The van der Waals surface area contributed by atoms with E-state index in [2.05, 4.69) is 10.4 Å². The molecule has 0 fully saturated rings. The second kappa shape index (κ2) is 3.38. The zero-order valence-electron chi connectivity index (χ0n) is 8.13. The van der Waals surface area contributed by atoms with Crippen molar-refractivity contribution in [2.45, 2.75) is 12.8 Å². The summed E-state index contributed by atoms with van der Waals surface area (Å²) in [6, 6.07) is 0. The Hall–Kier alpha value is -1.03. The summed E-state index contributed by atoms with van der Waals surface area (Å²) in [4.78, 5) is 0. The molecule has 0 unspecified atom stereocenters. The minimum absolute atomic E-state index is 0.799. The molecule has 0 aromatic carbocycles. The van der Waals surface area contributed by atoms with Gasteiger partial charge in [0.05, 0.1) is 18.9 Å². The fourth-order valence-electron chi connectivity index (χ4n) is 1.84. The highest BCUT2D eigenvalue weighted by Gasteiger charge is 2.16. The van der Waals surface area contributed by atoms with E-state index in [0.717, 1.165) is 31.9 Å². The molecule has 0 spiro atoms. The lowest BCUT2D eigenvalue weighted by molar-refractivity contribution is 0.145. The quantitative estimate of drug-likeness (QED) is 0.688. The van der Waals surface area contributed by atoms with E-state index in [0.29, 0.717) is 0 Å². The van der Waals surface area contributed by atoms with Gasteiger partial charge in [0.15, 0.2) is 0 Å². The number of hydrogen-bond acceptors (Lipinski definition) is 3. The maximum Gasteiger partial charge on any atom is 0.127 e. The first kappa shape index (κ1) is 8.56. The molecule has 72 valence electrons. The van der Waals surface area contributed by atoms with Crippen LogP contribution in [0.1, 0.15) is 11.3 Å². The largest absolute Gasteiger partial charge is 0.381 e. The average molecular weight is 181 g/mol. The van der Waals surface area contributed by atoms with Crippen LogP contribution >= 0.6 is 0 Å². The van der Waals surface area contributed by atoms with Crippen LogP contribution in [0.15, 0.2) is 0 Å². The Balaban J connectivity index is 2.41. The molecular formula is C9H15N3O. The van der Waals surface area contributed by atoms with E-state index in [9.17, 15) is 0 Å². The molecule has 2 heterocycles. The summed E-state index contributed by atoms with van der Waals surface area (Å²) in [7, 11) is 3.91. The van der Waals surface area contributed by atoms with Gasteiger partial charge in [-0.1, -0.05) is 0 Å². The summed E-state index contributed by atoms with van der Waals surface area (Å²) < 4.78 is 7.31. The smallest absolute Gasteiger partial charge is 0.127 e. The van der Waals surface area contributed by atoms with Crippen LogP contribution in [0.4, 0.5) is 5.82 Å². The van der Waals surface area contributed by atoms with Crippen LogP contribution in [-0.2, 0) is 24.6 Å². The third kappa shape index (κ3) is 1.42. The predicted molar refractivity (Wildman–Crippen MR) is 51.0 cm³/mol. The Morgan fingerprint density at radius 2 is 2.15 bits per heavy atom. The monoisotopic (exact) mass is 181 g/mol. The standard InChI is InChI=1S/C9H15N3O/c1-10-9-7-3-5-13-6-4-8(7)11-12(9)2/h10H,3-6H2,1-2H3. The molecule has 0 aliphatic carbocycles. The normalized spacial score (nSPS) is 16.5. The van der Waals surface area contributed by atoms with Crippen molar-refractivity contribution in [2.24, 2.45) is 7.05 Å². The Bertz CT molecular complexity index is 306. The molecule has 0 atom stereocenters. The second-order valence-corrected chi connectivity index (χ2v) is 3.26. The topological polar surface area (TPSA) is 39.1 Å². The number of nitrogens with one attached hydrogen (secondary N) is 1. The molecule has 1 aliphatic heterocycles. The van der Waals surface area contributed by atoms with E-state index in [1.807, 2.05) is 18.8 Å². The van der Waals surface area contributed by atoms with Crippen molar-refractivity contribution in [3.05, 3.63) is 11.3 Å². The summed E-state index contributed by atoms with van der Waals surface area (Å²) >= 11 is 0. The maximum atomic E-state index is 5.40. The average Bonchev–Trinajstić information content (AvgIpc) is 2.32. The maximum absolute atomic E-state index is 5.40. The number of hydrogen-bond donors (Lipinski definition) is 1. The third-order valence-corrected chi connectivity index (χ3v) is 2.44. The number of rotatable bonds is 1. The molecule has 4 nitrogen and oxygen atoms in total. The number of fused-ring (bicyclic) bond motifs is 1. The van der Waals surface area contributed by atoms with Gasteiger partial charge in [-0.15, -0.1) is 0 Å². The summed E-state index contributed by atoms with van der Waals surface area (Å²) in [6.45, 7) is 1.61. The van der Waals surface area contributed by atoms with Crippen molar-refractivity contribution >= 4 is 5.82 Å². The Labute approximate surface area is 77.9 Å². The van der Waals surface area contributed by atoms with Crippen molar-refractivity contribution in [1.82, 2.24) is 9.78 Å². The summed E-state index contributed by atoms with van der Waals surface area (Å²) in [6.07, 6.45) is 1.91. The summed E-state index contributed by atoms with van der Waals surface area (Å²) in [5, 5.41) is 7.63. The van der Waals surface area contributed by atoms with Gasteiger partial charge in [-0.05, 0) is 0 Å². The van der Waals surface area contributed by atoms with Crippen LogP contribution in [-0.4, -0.2) is 30.0 Å². The first-order chi connectivity index (χ1) is 6.33. The highest BCUT2D eigenvalue weighted by atomic mass is 16.5. The van der Waals surface area contributed by atoms with Gasteiger partial charge >= 0.3 is 0 Å². The van der Waals surface area contributed by atoms with Gasteiger partial charge in [0.2, 0.25) is 0 Å². The van der Waals surface area contributed by atoms with Gasteiger partial charge in [-0.25, -0.2) is 0 Å². The number of aromatic nitrogens is 2. The van der Waals surface area contributed by atoms with Gasteiger partial charge in [0.25, 0.3) is 0 Å². The molecule has 0 amide bonds. The highest BCUT2D eigenvalue weighted by molar-refractivity contribution is 5.47. The van der Waals surface area contributed by atoms with Crippen molar-refractivity contribution in [3.63, 3.8) is 0 Å². The molecule has 0 saturated heterocycles. The Kier molecular flexibility index (Phi) is 2.22. The Morgan fingerprint density at radius 1 is 1.38 bits per heavy atom. The molecule has 1 aliphatic rings. The number of ether oxygens (including phenoxy) is 1. The van der Waals surface area contributed by atoms with Crippen molar-refractivity contribution in [1.29, 1.82) is 0 Å². The van der Waals surface area contributed by atoms with E-state index in [4.69, 9.17) is 4.74 Å².